The van der Waals surface area contributed by atoms with Gasteiger partial charge in [0, 0.05) is 38.4 Å². The van der Waals surface area contributed by atoms with E-state index in [0.717, 1.165) is 40.7 Å². The first-order valence-electron chi connectivity index (χ1n) is 15.0. The van der Waals surface area contributed by atoms with E-state index in [1.807, 2.05) is 18.2 Å². The number of fused-ring (bicyclic) bond motifs is 7. The third-order valence-electron chi connectivity index (χ3n) is 8.59. The van der Waals surface area contributed by atoms with Crippen LogP contribution in [0.25, 0.3) is 72.2 Å². The van der Waals surface area contributed by atoms with Gasteiger partial charge in [0.2, 0.25) is 5.95 Å². The molecule has 9 rings (SSSR count). The number of aromatic nitrogens is 5. The number of para-hydroxylation sites is 3. The second-order valence-electron chi connectivity index (χ2n) is 11.2. The van der Waals surface area contributed by atoms with Gasteiger partial charge in [0.05, 0.1) is 22.1 Å². The van der Waals surface area contributed by atoms with Gasteiger partial charge in [-0.2, -0.15) is 9.97 Å². The van der Waals surface area contributed by atoms with Crippen molar-refractivity contribution in [3.8, 4) is 23.0 Å². The molecular weight excluding hydrogens is 538 g/mol. The Labute approximate surface area is 254 Å². The van der Waals surface area contributed by atoms with Crippen molar-refractivity contribution >= 4 is 49.2 Å². The summed E-state index contributed by atoms with van der Waals surface area (Å²) in [5.41, 5.74) is 7.63. The summed E-state index contributed by atoms with van der Waals surface area (Å²) in [5, 5.41) is 4.82. The molecule has 0 bridgehead atoms. The molecule has 5 heteroatoms. The summed E-state index contributed by atoms with van der Waals surface area (Å²) in [7, 11) is 0. The molecule has 5 aromatic carbocycles. The summed E-state index contributed by atoms with van der Waals surface area (Å²) >= 11 is 0. The van der Waals surface area contributed by atoms with Gasteiger partial charge in [0.15, 0.2) is 11.6 Å². The highest BCUT2D eigenvalue weighted by molar-refractivity contribution is 6.28. The van der Waals surface area contributed by atoms with Crippen LogP contribution < -0.4 is 0 Å². The highest BCUT2D eigenvalue weighted by atomic mass is 15.2. The zero-order valence-electron chi connectivity index (χ0n) is 23.9. The van der Waals surface area contributed by atoms with Gasteiger partial charge in [-0.15, -0.1) is 0 Å². The van der Waals surface area contributed by atoms with Crippen molar-refractivity contribution < 1.29 is 0 Å². The van der Waals surface area contributed by atoms with Crippen LogP contribution >= 0.6 is 0 Å². The lowest BCUT2D eigenvalue weighted by Crippen LogP contribution is -2.08. The maximum atomic E-state index is 5.14. The predicted octanol–water partition coefficient (Wildman–Crippen LogP) is 9.47. The van der Waals surface area contributed by atoms with Gasteiger partial charge in [-0.25, -0.2) is 4.98 Å². The normalized spacial score (nSPS) is 13.3. The van der Waals surface area contributed by atoms with Crippen LogP contribution in [0.2, 0.25) is 0 Å². The minimum atomic E-state index is 0.617. The van der Waals surface area contributed by atoms with Crippen LogP contribution in [0.15, 0.2) is 140 Å². The Morgan fingerprint density at radius 3 is 1.75 bits per heavy atom. The van der Waals surface area contributed by atoms with E-state index in [9.17, 15) is 0 Å². The van der Waals surface area contributed by atoms with Crippen molar-refractivity contribution in [3.63, 3.8) is 0 Å². The van der Waals surface area contributed by atoms with E-state index in [0.29, 0.717) is 17.6 Å². The molecule has 0 spiro atoms. The standard InChI is InChI=1S/C39H27N5/c1-4-14-26(15-5-1)37-40-38(27-16-6-2-7-17-27)42-39(41-37)44-32-23-13-11-21-30(32)36-34(44)25-24-33-35(36)29-20-10-12-22-31(29)43(33)28-18-8-3-9-19-28/h1,3-6,8-25H,2,7H2. The summed E-state index contributed by atoms with van der Waals surface area (Å²) in [5.74, 6) is 1.97. The van der Waals surface area contributed by atoms with E-state index in [1.165, 1.54) is 32.6 Å². The molecule has 0 N–H and O–H groups in total. The molecule has 0 amide bonds. The molecule has 3 aromatic heterocycles. The Hall–Kier alpha value is -5.81. The molecule has 5 nitrogen and oxygen atoms in total. The van der Waals surface area contributed by atoms with Gasteiger partial charge >= 0.3 is 0 Å². The first kappa shape index (κ1) is 24.8. The first-order chi connectivity index (χ1) is 21.8. The quantitative estimate of drug-likeness (QED) is 0.214. The summed E-state index contributed by atoms with van der Waals surface area (Å²) in [6, 6.07) is 42.5. The molecule has 1 aliphatic carbocycles. The van der Waals surface area contributed by atoms with Gasteiger partial charge in [-0.05, 0) is 49.2 Å². The van der Waals surface area contributed by atoms with Crippen LogP contribution in [0, 0.1) is 0 Å². The second-order valence-corrected chi connectivity index (χ2v) is 11.2. The summed E-state index contributed by atoms with van der Waals surface area (Å²) in [6.45, 7) is 0. The van der Waals surface area contributed by atoms with Gasteiger partial charge in [0.25, 0.3) is 0 Å². The van der Waals surface area contributed by atoms with E-state index < -0.39 is 0 Å². The highest BCUT2D eigenvalue weighted by Crippen LogP contribution is 2.42. The molecule has 0 fully saturated rings. The predicted molar refractivity (Wildman–Crippen MR) is 180 cm³/mol. The number of hydrogen-bond acceptors (Lipinski definition) is 3. The number of nitrogens with zero attached hydrogens (tertiary/aromatic N) is 5. The van der Waals surface area contributed by atoms with Crippen molar-refractivity contribution in [2.75, 3.05) is 0 Å². The SMILES string of the molecule is C1=CC(c2nc(-c3ccccc3)nc(-n3c4ccccc4c4c5c6ccccc6n(-c6ccccc6)c5ccc43)n2)=CCC1. The number of rotatable bonds is 4. The Morgan fingerprint density at radius 2 is 1.07 bits per heavy atom. The number of benzene rings is 5. The Morgan fingerprint density at radius 1 is 0.477 bits per heavy atom. The third-order valence-corrected chi connectivity index (χ3v) is 8.59. The first-order valence-corrected chi connectivity index (χ1v) is 15.0. The van der Waals surface area contributed by atoms with Crippen LogP contribution in [-0.4, -0.2) is 24.1 Å². The molecule has 0 aliphatic heterocycles. The van der Waals surface area contributed by atoms with Crippen LogP contribution in [0.5, 0.6) is 0 Å². The minimum Gasteiger partial charge on any atom is -0.309 e. The van der Waals surface area contributed by atoms with Gasteiger partial charge in [0.1, 0.15) is 0 Å². The van der Waals surface area contributed by atoms with Crippen LogP contribution in [0.3, 0.4) is 0 Å². The van der Waals surface area contributed by atoms with E-state index in [2.05, 4.69) is 130 Å². The lowest BCUT2D eigenvalue weighted by atomic mass is 10.1. The van der Waals surface area contributed by atoms with Crippen LogP contribution in [0.4, 0.5) is 0 Å². The number of allylic oxidation sites excluding steroid dienone is 4. The summed E-state index contributed by atoms with van der Waals surface area (Å²) < 4.78 is 4.58. The molecule has 0 radical (unpaired) electrons. The topological polar surface area (TPSA) is 48.5 Å². The maximum Gasteiger partial charge on any atom is 0.238 e. The van der Waals surface area contributed by atoms with Crippen molar-refractivity contribution in [1.82, 2.24) is 24.1 Å². The lowest BCUT2D eigenvalue weighted by Gasteiger charge is -2.12. The van der Waals surface area contributed by atoms with E-state index in [1.54, 1.807) is 0 Å². The van der Waals surface area contributed by atoms with E-state index in [-0.39, 0.29) is 0 Å². The molecule has 44 heavy (non-hydrogen) atoms. The second kappa shape index (κ2) is 9.89. The Bertz CT molecular complexity index is 2430. The fourth-order valence-electron chi connectivity index (χ4n) is 6.68. The maximum absolute atomic E-state index is 5.14. The zero-order valence-corrected chi connectivity index (χ0v) is 23.9. The highest BCUT2D eigenvalue weighted by Gasteiger charge is 2.22. The van der Waals surface area contributed by atoms with Gasteiger partial charge < -0.3 is 4.57 Å². The average molecular weight is 566 g/mol. The molecule has 0 atom stereocenters. The van der Waals surface area contributed by atoms with Crippen molar-refractivity contribution in [3.05, 3.63) is 145 Å². The van der Waals surface area contributed by atoms with Crippen molar-refractivity contribution in [1.29, 1.82) is 0 Å². The van der Waals surface area contributed by atoms with Gasteiger partial charge in [-0.3, -0.25) is 4.57 Å². The van der Waals surface area contributed by atoms with Crippen LogP contribution in [0.1, 0.15) is 18.7 Å². The van der Waals surface area contributed by atoms with E-state index >= 15 is 0 Å². The average Bonchev–Trinajstić information content (AvgIpc) is 3.62. The largest absolute Gasteiger partial charge is 0.309 e. The van der Waals surface area contributed by atoms with Crippen LogP contribution in [-0.2, 0) is 0 Å². The summed E-state index contributed by atoms with van der Waals surface area (Å²) in [4.78, 5) is 15.2. The zero-order chi connectivity index (χ0) is 29.0. The fraction of sp³-hybridized carbons (Fsp3) is 0.0513. The van der Waals surface area contributed by atoms with Crippen molar-refractivity contribution in [2.24, 2.45) is 0 Å². The summed E-state index contributed by atoms with van der Waals surface area (Å²) in [6.07, 6.45) is 8.56. The van der Waals surface area contributed by atoms with Crippen molar-refractivity contribution in [2.45, 2.75) is 12.8 Å². The monoisotopic (exact) mass is 565 g/mol. The fourth-order valence-corrected chi connectivity index (χ4v) is 6.68. The minimum absolute atomic E-state index is 0.617. The third kappa shape index (κ3) is 3.76. The molecule has 0 unspecified atom stereocenters. The van der Waals surface area contributed by atoms with E-state index in [4.69, 9.17) is 15.0 Å². The van der Waals surface area contributed by atoms with Gasteiger partial charge in [-0.1, -0.05) is 103 Å². The molecule has 8 aromatic rings. The lowest BCUT2D eigenvalue weighted by molar-refractivity contribution is 0.928. The molecule has 0 saturated heterocycles. The molecule has 1 aliphatic rings. The molecule has 0 saturated carbocycles. The molecule has 208 valence electrons. The Balaban J connectivity index is 1.40. The smallest absolute Gasteiger partial charge is 0.238 e. The molecule has 3 heterocycles. The Kier molecular flexibility index (Phi) is 5.56. The number of hydrogen-bond donors (Lipinski definition) is 0. The molecular formula is C39H27N5.